The quantitative estimate of drug-likeness (QED) is 0.607. The van der Waals surface area contributed by atoms with Crippen LogP contribution in [0.15, 0.2) is 24.3 Å². The number of nitrogens with two attached hydrogens (primary N) is 1. The fourth-order valence-electron chi connectivity index (χ4n) is 2.46. The highest BCUT2D eigenvalue weighted by atomic mass is 16.5. The van der Waals surface area contributed by atoms with E-state index in [4.69, 9.17) is 10.6 Å². The fraction of sp³-hybridized carbons (Fsp3) is 0.571. The number of hydrogen-bond donors (Lipinski definition) is 2. The first kappa shape index (κ1) is 12.6. The largest absolute Gasteiger partial charge is 0.378 e. The average molecular weight is 234 g/mol. The molecule has 0 aromatic heterocycles. The van der Waals surface area contributed by atoms with Crippen molar-refractivity contribution >= 4 is 0 Å². The smallest absolute Gasteiger partial charge is 0.0576 e. The highest BCUT2D eigenvalue weighted by Gasteiger charge is 2.18. The highest BCUT2D eigenvalue weighted by Crippen LogP contribution is 2.23. The van der Waals surface area contributed by atoms with Crippen molar-refractivity contribution in [1.82, 2.24) is 5.43 Å². The first-order chi connectivity index (χ1) is 8.29. The molecule has 0 aliphatic carbocycles. The molecule has 1 aliphatic rings. The molecule has 2 atom stereocenters. The second kappa shape index (κ2) is 6.15. The van der Waals surface area contributed by atoms with Crippen molar-refractivity contribution in [3.8, 4) is 0 Å². The summed E-state index contributed by atoms with van der Waals surface area (Å²) in [5.41, 5.74) is 5.46. The molecule has 0 radical (unpaired) electrons. The zero-order chi connectivity index (χ0) is 12.1. The van der Waals surface area contributed by atoms with Gasteiger partial charge in [0.1, 0.15) is 0 Å². The first-order valence-corrected chi connectivity index (χ1v) is 6.44. The van der Waals surface area contributed by atoms with Crippen LogP contribution in [0.25, 0.3) is 0 Å². The fourth-order valence-corrected chi connectivity index (χ4v) is 2.46. The second-order valence-electron chi connectivity index (χ2n) is 4.85. The maximum absolute atomic E-state index is 5.65. The Morgan fingerprint density at radius 2 is 2.41 bits per heavy atom. The summed E-state index contributed by atoms with van der Waals surface area (Å²) in [6.45, 7) is 3.03. The van der Waals surface area contributed by atoms with Gasteiger partial charge in [0.2, 0.25) is 0 Å². The molecule has 3 nitrogen and oxygen atoms in total. The van der Waals surface area contributed by atoms with E-state index in [1.807, 2.05) is 0 Å². The van der Waals surface area contributed by atoms with Crippen LogP contribution in [0.4, 0.5) is 0 Å². The summed E-state index contributed by atoms with van der Waals surface area (Å²) in [5, 5.41) is 0. The first-order valence-electron chi connectivity index (χ1n) is 6.44. The zero-order valence-electron chi connectivity index (χ0n) is 10.5. The molecule has 94 valence electrons. The third-order valence-electron chi connectivity index (χ3n) is 3.45. The summed E-state index contributed by atoms with van der Waals surface area (Å²) in [6, 6.07) is 8.75. The number of nitrogens with one attached hydrogen (secondary N) is 1. The predicted molar refractivity (Wildman–Crippen MR) is 69.5 cm³/mol. The Morgan fingerprint density at radius 3 is 3.06 bits per heavy atom. The summed E-state index contributed by atoms with van der Waals surface area (Å²) in [4.78, 5) is 0. The lowest BCUT2D eigenvalue weighted by Crippen LogP contribution is -2.28. The van der Waals surface area contributed by atoms with E-state index >= 15 is 0 Å². The van der Waals surface area contributed by atoms with Crippen molar-refractivity contribution in [1.29, 1.82) is 0 Å². The van der Waals surface area contributed by atoms with Crippen LogP contribution in [0, 0.1) is 6.92 Å². The van der Waals surface area contributed by atoms with Crippen LogP contribution in [0.5, 0.6) is 0 Å². The van der Waals surface area contributed by atoms with Crippen LogP contribution in [-0.2, 0) is 4.74 Å². The Morgan fingerprint density at radius 1 is 1.53 bits per heavy atom. The number of rotatable bonds is 5. The van der Waals surface area contributed by atoms with E-state index in [-0.39, 0.29) is 6.04 Å². The van der Waals surface area contributed by atoms with Gasteiger partial charge in [-0.05, 0) is 38.2 Å². The third-order valence-corrected chi connectivity index (χ3v) is 3.45. The predicted octanol–water partition coefficient (Wildman–Crippen LogP) is 2.46. The molecular formula is C14H22N2O. The van der Waals surface area contributed by atoms with E-state index in [9.17, 15) is 0 Å². The van der Waals surface area contributed by atoms with Crippen LogP contribution in [0.2, 0.25) is 0 Å². The van der Waals surface area contributed by atoms with Crippen molar-refractivity contribution in [2.45, 2.75) is 44.8 Å². The summed E-state index contributed by atoms with van der Waals surface area (Å²) >= 11 is 0. The van der Waals surface area contributed by atoms with Crippen molar-refractivity contribution in [3.63, 3.8) is 0 Å². The molecule has 1 aliphatic heterocycles. The van der Waals surface area contributed by atoms with Crippen molar-refractivity contribution < 1.29 is 4.74 Å². The van der Waals surface area contributed by atoms with Gasteiger partial charge in [0.05, 0.1) is 6.10 Å². The molecule has 0 spiro atoms. The number of hydrogen-bond acceptors (Lipinski definition) is 3. The van der Waals surface area contributed by atoms with E-state index in [1.165, 1.54) is 24.0 Å². The van der Waals surface area contributed by atoms with E-state index in [1.54, 1.807) is 0 Å². The molecular weight excluding hydrogens is 212 g/mol. The SMILES string of the molecule is Cc1cccc(C(CCC2CCCO2)NN)c1. The highest BCUT2D eigenvalue weighted by molar-refractivity contribution is 5.24. The number of hydrazine groups is 1. The number of benzene rings is 1. The molecule has 1 heterocycles. The standard InChI is InChI=1S/C14H22N2O/c1-11-4-2-5-12(10-11)14(16-15)8-7-13-6-3-9-17-13/h2,4-5,10,13-14,16H,3,6-9,15H2,1H3. The Balaban J connectivity index is 1.91. The van der Waals surface area contributed by atoms with Gasteiger partial charge >= 0.3 is 0 Å². The Kier molecular flexibility index (Phi) is 4.54. The van der Waals surface area contributed by atoms with E-state index < -0.39 is 0 Å². The normalized spacial score (nSPS) is 21.6. The minimum Gasteiger partial charge on any atom is -0.378 e. The molecule has 3 N–H and O–H groups in total. The van der Waals surface area contributed by atoms with Gasteiger partial charge < -0.3 is 4.74 Å². The zero-order valence-corrected chi connectivity index (χ0v) is 10.5. The lowest BCUT2D eigenvalue weighted by Gasteiger charge is -2.18. The third kappa shape index (κ3) is 3.53. The van der Waals surface area contributed by atoms with E-state index in [0.29, 0.717) is 6.10 Å². The molecule has 1 fully saturated rings. The Labute approximate surface area is 103 Å². The van der Waals surface area contributed by atoms with Crippen molar-refractivity contribution in [2.24, 2.45) is 5.84 Å². The summed E-state index contributed by atoms with van der Waals surface area (Å²) in [6.07, 6.45) is 4.96. The monoisotopic (exact) mass is 234 g/mol. The van der Waals surface area contributed by atoms with Gasteiger partial charge in [0, 0.05) is 12.6 Å². The molecule has 1 aromatic rings. The van der Waals surface area contributed by atoms with Crippen LogP contribution < -0.4 is 11.3 Å². The molecule has 3 heteroatoms. The lowest BCUT2D eigenvalue weighted by atomic mass is 9.98. The molecule has 0 saturated carbocycles. The van der Waals surface area contributed by atoms with Gasteiger partial charge in [-0.15, -0.1) is 0 Å². The van der Waals surface area contributed by atoms with Gasteiger partial charge in [-0.3, -0.25) is 11.3 Å². The van der Waals surface area contributed by atoms with Crippen LogP contribution >= 0.6 is 0 Å². The number of ether oxygens (including phenoxy) is 1. The van der Waals surface area contributed by atoms with E-state index in [2.05, 4.69) is 36.6 Å². The molecule has 17 heavy (non-hydrogen) atoms. The van der Waals surface area contributed by atoms with Crippen LogP contribution in [0.3, 0.4) is 0 Å². The molecule has 0 amide bonds. The van der Waals surface area contributed by atoms with Gasteiger partial charge in [-0.25, -0.2) is 0 Å². The van der Waals surface area contributed by atoms with Gasteiger partial charge in [0.25, 0.3) is 0 Å². The molecule has 2 unspecified atom stereocenters. The Hall–Kier alpha value is -0.900. The Bertz CT molecular complexity index is 348. The summed E-state index contributed by atoms with van der Waals surface area (Å²) in [5.74, 6) is 5.65. The van der Waals surface area contributed by atoms with E-state index in [0.717, 1.165) is 19.4 Å². The number of aryl methyl sites for hydroxylation is 1. The van der Waals surface area contributed by atoms with Crippen LogP contribution in [-0.4, -0.2) is 12.7 Å². The topological polar surface area (TPSA) is 47.3 Å². The van der Waals surface area contributed by atoms with Gasteiger partial charge in [-0.2, -0.15) is 0 Å². The molecule has 1 saturated heterocycles. The molecule has 2 rings (SSSR count). The van der Waals surface area contributed by atoms with Crippen molar-refractivity contribution in [3.05, 3.63) is 35.4 Å². The van der Waals surface area contributed by atoms with Crippen molar-refractivity contribution in [2.75, 3.05) is 6.61 Å². The minimum atomic E-state index is 0.235. The summed E-state index contributed by atoms with van der Waals surface area (Å²) in [7, 11) is 0. The van der Waals surface area contributed by atoms with Gasteiger partial charge in [-0.1, -0.05) is 29.8 Å². The average Bonchev–Trinajstić information content (AvgIpc) is 2.83. The minimum absolute atomic E-state index is 0.235. The van der Waals surface area contributed by atoms with Gasteiger partial charge in [0.15, 0.2) is 0 Å². The maximum Gasteiger partial charge on any atom is 0.0576 e. The second-order valence-corrected chi connectivity index (χ2v) is 4.85. The lowest BCUT2D eigenvalue weighted by molar-refractivity contribution is 0.0996. The van der Waals surface area contributed by atoms with Crippen LogP contribution in [0.1, 0.15) is 42.9 Å². The summed E-state index contributed by atoms with van der Waals surface area (Å²) < 4.78 is 5.64. The maximum atomic E-state index is 5.65. The molecule has 1 aromatic carbocycles. The molecule has 0 bridgehead atoms.